The van der Waals surface area contributed by atoms with Crippen LogP contribution < -0.4 is 9.47 Å². The van der Waals surface area contributed by atoms with Gasteiger partial charge in [0.05, 0.1) is 43.8 Å². The Labute approximate surface area is 233 Å². The lowest BCUT2D eigenvalue weighted by Crippen LogP contribution is -2.26. The number of benzene rings is 2. The monoisotopic (exact) mass is 532 g/mol. The first-order chi connectivity index (χ1) is 23.3. The van der Waals surface area contributed by atoms with E-state index in [9.17, 15) is 23.8 Å². The van der Waals surface area contributed by atoms with Gasteiger partial charge in [0, 0.05) is 29.8 Å². The van der Waals surface area contributed by atoms with Crippen LogP contribution in [0.5, 0.6) is 11.5 Å². The van der Waals surface area contributed by atoms with E-state index in [1.54, 1.807) is 0 Å². The van der Waals surface area contributed by atoms with Crippen molar-refractivity contribution in [3.63, 3.8) is 0 Å². The lowest BCUT2D eigenvalue weighted by molar-refractivity contribution is -0.286. The number of carbonyl (C=O) groups is 1. The molecule has 6 nitrogen and oxygen atoms in total. The van der Waals surface area contributed by atoms with Crippen molar-refractivity contribution < 1.29 is 58.2 Å². The van der Waals surface area contributed by atoms with Crippen molar-refractivity contribution in [2.45, 2.75) is 76.1 Å². The summed E-state index contributed by atoms with van der Waals surface area (Å²) in [7, 11) is 0. The van der Waals surface area contributed by atoms with Crippen molar-refractivity contribution in [2.75, 3.05) is 6.56 Å². The zero-order valence-electron chi connectivity index (χ0n) is 34.4. The van der Waals surface area contributed by atoms with Crippen molar-refractivity contribution in [3.8, 4) is 11.5 Å². The molecule has 5 rings (SSSR count). The summed E-state index contributed by atoms with van der Waals surface area (Å²) in [5, 5.41) is 19.6. The summed E-state index contributed by atoms with van der Waals surface area (Å²) in [4.78, 5) is 13.9. The van der Waals surface area contributed by atoms with E-state index >= 15 is 4.39 Å². The summed E-state index contributed by atoms with van der Waals surface area (Å²) >= 11 is 0. The van der Waals surface area contributed by atoms with Crippen molar-refractivity contribution in [1.29, 1.82) is 0 Å². The van der Waals surface area contributed by atoms with Crippen molar-refractivity contribution in [1.82, 2.24) is 4.57 Å². The molecule has 2 heterocycles. The molecule has 2 atom stereocenters. The highest BCUT2D eigenvalue weighted by Crippen LogP contribution is 2.52. The molecule has 1 fully saturated rings. The van der Waals surface area contributed by atoms with E-state index in [1.165, 1.54) is 0 Å². The predicted molar refractivity (Wildman–Crippen MR) is 131 cm³/mol. The molecule has 1 aliphatic heterocycles. The van der Waals surface area contributed by atoms with Gasteiger partial charge < -0.3 is 24.3 Å². The summed E-state index contributed by atoms with van der Waals surface area (Å²) in [6.45, 7) is -9.57. The van der Waals surface area contributed by atoms with Crippen LogP contribution >= 0.6 is 0 Å². The van der Waals surface area contributed by atoms with Gasteiger partial charge in [0.1, 0.15) is 11.6 Å². The highest BCUT2D eigenvalue weighted by Gasteiger charge is 2.52. The van der Waals surface area contributed by atoms with E-state index in [0.29, 0.717) is 0 Å². The van der Waals surface area contributed by atoms with Crippen LogP contribution in [0.15, 0.2) is 36.3 Å². The Kier molecular flexibility index (Phi) is 3.12. The number of hydrogen-bond donors (Lipinski definition) is 2. The van der Waals surface area contributed by atoms with Gasteiger partial charge in [-0.15, -0.1) is 8.78 Å². The van der Waals surface area contributed by atoms with Crippen LogP contribution in [-0.2, 0) is 28.5 Å². The molecule has 1 unspecified atom stereocenters. The standard InChI is InChI=1S/C28H30F3NO5/c1-4-26(2,3)24-10-17-9-16(20(29)13-21(17)32(24)14-19(34)15-33)11-25(35)27(7-8-27)18-5-6-22-23(12-18)37-28(30,31)36-22/h5-6,9-10,12-13,19,33-34H,4,7-8,11,14-15H2,1-3H3/t19-/m1/s1/i2D3,4D2,5D,6D,9D,10D,12D,13D,14D2,15D2/t19-,26?. The zero-order valence-corrected chi connectivity index (χ0v) is 19.4. The van der Waals surface area contributed by atoms with Crippen molar-refractivity contribution >= 4 is 16.7 Å². The molecule has 0 saturated heterocycles. The van der Waals surface area contributed by atoms with Gasteiger partial charge in [0.2, 0.25) is 0 Å². The number of fused-ring (bicyclic) bond motifs is 2. The van der Waals surface area contributed by atoms with Crippen LogP contribution in [0.2, 0.25) is 0 Å². The molecule has 3 aromatic rings. The van der Waals surface area contributed by atoms with E-state index in [-0.39, 0.29) is 17.4 Å². The van der Waals surface area contributed by atoms with Crippen LogP contribution in [0.4, 0.5) is 13.2 Å². The number of alkyl halides is 2. The topological polar surface area (TPSA) is 80.9 Å². The lowest BCUT2D eigenvalue weighted by Gasteiger charge is -2.26. The van der Waals surface area contributed by atoms with Gasteiger partial charge in [-0.3, -0.25) is 4.79 Å². The summed E-state index contributed by atoms with van der Waals surface area (Å²) in [6.07, 6.45) is -11.8. The second-order valence-corrected chi connectivity index (χ2v) is 8.87. The molecule has 2 N–H and O–H groups in total. The average molecular weight is 533 g/mol. The number of halogens is 3. The molecule has 1 aliphatic carbocycles. The van der Waals surface area contributed by atoms with Gasteiger partial charge in [-0.25, -0.2) is 4.39 Å². The smallest absolute Gasteiger partial charge is 0.395 e. The van der Waals surface area contributed by atoms with Crippen LogP contribution in [0, 0.1) is 5.82 Å². The SMILES string of the molecule is [2H]c1c([2H])c(C2(C(=O)Cc3c(F)c([2H])c4c(c3[2H])c([2H])c(C(C)(C([2H])([2H])[2H])C([2H])([2H])C)n4C([2H])([2H])[C@@H](O)C([2H])([2H])O)CC2)c([2H])c2c1OC(F)(F)O2. The molecule has 198 valence electrons. The summed E-state index contributed by atoms with van der Waals surface area (Å²) in [6, 6.07) is -6.36. The first kappa shape index (κ1) is 13.2. The Bertz CT molecular complexity index is 2020. The Morgan fingerprint density at radius 3 is 2.65 bits per heavy atom. The van der Waals surface area contributed by atoms with E-state index in [2.05, 4.69) is 9.47 Å². The zero-order chi connectivity index (χ0) is 39.9. The first-order valence-electron chi connectivity index (χ1n) is 18.5. The van der Waals surface area contributed by atoms with Crippen molar-refractivity contribution in [3.05, 3.63) is 58.9 Å². The third-order valence-corrected chi connectivity index (χ3v) is 6.33. The Balaban J connectivity index is 1.79. The van der Waals surface area contributed by atoms with Gasteiger partial charge in [-0.1, -0.05) is 26.7 Å². The molecule has 1 saturated carbocycles. The second kappa shape index (κ2) is 8.77. The molecule has 9 heteroatoms. The maximum atomic E-state index is 16.3. The van der Waals surface area contributed by atoms with E-state index in [1.807, 2.05) is 0 Å². The summed E-state index contributed by atoms with van der Waals surface area (Å²) in [5.74, 6) is -4.60. The molecule has 2 aromatic carbocycles. The van der Waals surface area contributed by atoms with Crippen LogP contribution in [0.3, 0.4) is 0 Å². The van der Waals surface area contributed by atoms with Gasteiger partial charge in [0.15, 0.2) is 11.5 Å². The molecule has 0 amide bonds. The molecule has 0 bridgehead atoms. The Morgan fingerprint density at radius 1 is 1.27 bits per heavy atom. The molecule has 0 radical (unpaired) electrons. The number of hydrogen-bond acceptors (Lipinski definition) is 5. The second-order valence-electron chi connectivity index (χ2n) is 8.87. The number of ether oxygens (including phenoxy) is 2. The minimum absolute atomic E-state index is 0.00538. The molecule has 0 spiro atoms. The fraction of sp³-hybridized carbons (Fsp3) is 0.464. The van der Waals surface area contributed by atoms with Gasteiger partial charge in [0.25, 0.3) is 0 Å². The average Bonchev–Trinajstić information content (AvgIpc) is 3.62. The van der Waals surface area contributed by atoms with Crippen LogP contribution in [-0.4, -0.2) is 39.5 Å². The minimum Gasteiger partial charge on any atom is -0.395 e. The number of Topliss-reactive ketones (excluding diaryl/α,β-unsaturated/α-hetero) is 1. The predicted octanol–water partition coefficient (Wildman–Crippen LogP) is 4.99. The van der Waals surface area contributed by atoms with Crippen LogP contribution in [0.25, 0.3) is 10.9 Å². The number of aromatic nitrogens is 1. The number of ketones is 1. The summed E-state index contributed by atoms with van der Waals surface area (Å²) in [5.41, 5.74) is -8.61. The maximum absolute atomic E-state index is 16.3. The first-order valence-corrected chi connectivity index (χ1v) is 11.0. The molecular formula is C28H30F3NO5. The minimum atomic E-state index is -4.29. The van der Waals surface area contributed by atoms with Crippen molar-refractivity contribution in [2.24, 2.45) is 0 Å². The number of nitrogens with zero attached hydrogens (tertiary/aromatic N) is 1. The molecule has 37 heavy (non-hydrogen) atoms. The molecule has 1 aromatic heterocycles. The lowest BCUT2D eigenvalue weighted by atomic mass is 9.86. The Morgan fingerprint density at radius 2 is 2.00 bits per heavy atom. The van der Waals surface area contributed by atoms with Crippen LogP contribution in [0.1, 0.15) is 77.3 Å². The molecule has 2 aliphatic rings. The quantitative estimate of drug-likeness (QED) is 0.406. The normalized spacial score (nSPS) is 26.9. The number of aliphatic hydroxyl groups is 2. The third kappa shape index (κ3) is 4.48. The fourth-order valence-corrected chi connectivity index (χ4v) is 4.06. The molecular weight excluding hydrogens is 487 g/mol. The Hall–Kier alpha value is -3.04. The third-order valence-electron chi connectivity index (χ3n) is 6.33. The number of aliphatic hydroxyl groups excluding tert-OH is 1. The summed E-state index contributed by atoms with van der Waals surface area (Å²) < 4.78 is 178. The number of rotatable bonds is 9. The highest BCUT2D eigenvalue weighted by atomic mass is 19.3. The van der Waals surface area contributed by atoms with Gasteiger partial charge >= 0.3 is 6.29 Å². The number of carbonyl (C=O) groups excluding carboxylic acids is 1. The fourth-order valence-electron chi connectivity index (χ4n) is 4.06. The van der Waals surface area contributed by atoms with E-state index in [0.717, 1.165) is 13.8 Å². The van der Waals surface area contributed by atoms with E-state index < -0.39 is 143 Å². The van der Waals surface area contributed by atoms with Gasteiger partial charge in [-0.2, -0.15) is 0 Å². The van der Waals surface area contributed by atoms with E-state index in [4.69, 9.17) is 20.6 Å². The maximum Gasteiger partial charge on any atom is 0.586 e. The highest BCUT2D eigenvalue weighted by molar-refractivity contribution is 5.95. The largest absolute Gasteiger partial charge is 0.586 e. The van der Waals surface area contributed by atoms with Gasteiger partial charge in [-0.05, 0) is 60.6 Å².